The number of halogens is 3. The fourth-order valence-electron chi connectivity index (χ4n) is 0.791. The zero-order valence-corrected chi connectivity index (χ0v) is 7.43. The molecule has 8 heteroatoms. The fraction of sp³-hybridized carbons (Fsp3) is 0.167. The Morgan fingerprint density at radius 1 is 1.36 bits per heavy atom. The van der Waals surface area contributed by atoms with Gasteiger partial charge in [-0.3, -0.25) is 4.98 Å². The van der Waals surface area contributed by atoms with Gasteiger partial charge in [0.2, 0.25) is 10.0 Å². The van der Waals surface area contributed by atoms with E-state index in [1.165, 1.54) is 0 Å². The summed E-state index contributed by atoms with van der Waals surface area (Å²) in [6, 6.07) is 0. The van der Waals surface area contributed by atoms with Crippen LogP contribution in [0.25, 0.3) is 0 Å². The predicted molar refractivity (Wildman–Crippen MR) is 40.5 cm³/mol. The molecule has 1 heterocycles. The summed E-state index contributed by atoms with van der Waals surface area (Å²) in [5, 5.41) is 4.57. The first-order chi connectivity index (χ1) is 6.34. The standard InChI is InChI=1S/C6H5F3N2O2S/c7-5-3(6(8)9)1-11-2-4(5)14(10,12)13/h1-2,6H,(H2,10,12,13). The first kappa shape index (κ1) is 10.9. The van der Waals surface area contributed by atoms with Gasteiger partial charge < -0.3 is 0 Å². The third-order valence-corrected chi connectivity index (χ3v) is 2.31. The summed E-state index contributed by atoms with van der Waals surface area (Å²) in [7, 11) is -4.36. The van der Waals surface area contributed by atoms with Crippen molar-refractivity contribution in [1.82, 2.24) is 4.98 Å². The molecule has 0 spiro atoms. The van der Waals surface area contributed by atoms with Gasteiger partial charge in [-0.2, -0.15) is 0 Å². The second-order valence-electron chi connectivity index (χ2n) is 2.39. The highest BCUT2D eigenvalue weighted by atomic mass is 32.2. The van der Waals surface area contributed by atoms with Gasteiger partial charge >= 0.3 is 0 Å². The number of aromatic nitrogens is 1. The maximum absolute atomic E-state index is 13.0. The number of hydrogen-bond acceptors (Lipinski definition) is 3. The Hall–Kier alpha value is -1.15. The molecule has 0 fully saturated rings. The molecule has 14 heavy (non-hydrogen) atoms. The molecule has 0 aliphatic heterocycles. The van der Waals surface area contributed by atoms with Gasteiger partial charge in [0, 0.05) is 12.4 Å². The Morgan fingerprint density at radius 3 is 2.36 bits per heavy atom. The first-order valence-corrected chi connectivity index (χ1v) is 4.83. The minimum absolute atomic E-state index is 0.550. The highest BCUT2D eigenvalue weighted by Gasteiger charge is 2.22. The molecule has 0 bridgehead atoms. The molecule has 0 aliphatic carbocycles. The quantitative estimate of drug-likeness (QED) is 0.810. The van der Waals surface area contributed by atoms with Crippen LogP contribution in [-0.2, 0) is 10.0 Å². The summed E-state index contributed by atoms with van der Waals surface area (Å²) in [6.07, 6.45) is -2.00. The number of nitrogens with two attached hydrogens (primary N) is 1. The molecule has 1 aromatic rings. The molecule has 2 N–H and O–H groups in total. The Labute approximate surface area is 77.6 Å². The van der Waals surface area contributed by atoms with E-state index in [1.807, 2.05) is 0 Å². The van der Waals surface area contributed by atoms with Crippen LogP contribution < -0.4 is 5.14 Å². The van der Waals surface area contributed by atoms with Gasteiger partial charge in [0.25, 0.3) is 6.43 Å². The second kappa shape index (κ2) is 3.54. The van der Waals surface area contributed by atoms with E-state index in [9.17, 15) is 21.6 Å². The Morgan fingerprint density at radius 2 is 1.93 bits per heavy atom. The largest absolute Gasteiger partial charge is 0.268 e. The van der Waals surface area contributed by atoms with E-state index in [4.69, 9.17) is 0 Å². The van der Waals surface area contributed by atoms with E-state index >= 15 is 0 Å². The van der Waals surface area contributed by atoms with Crippen LogP contribution in [0.15, 0.2) is 17.3 Å². The number of rotatable bonds is 2. The normalized spacial score (nSPS) is 12.1. The lowest BCUT2D eigenvalue weighted by molar-refractivity contribution is 0.145. The van der Waals surface area contributed by atoms with Gasteiger partial charge in [-0.25, -0.2) is 26.7 Å². The maximum atomic E-state index is 13.0. The van der Waals surface area contributed by atoms with Crippen LogP contribution in [0.5, 0.6) is 0 Å². The third-order valence-electron chi connectivity index (χ3n) is 1.42. The molecule has 4 nitrogen and oxygen atoms in total. The van der Waals surface area contributed by atoms with Crippen LogP contribution in [0.3, 0.4) is 0 Å². The zero-order chi connectivity index (χ0) is 10.9. The van der Waals surface area contributed by atoms with E-state index in [-0.39, 0.29) is 0 Å². The Bertz CT molecular complexity index is 446. The van der Waals surface area contributed by atoms with E-state index in [2.05, 4.69) is 10.1 Å². The lowest BCUT2D eigenvalue weighted by Gasteiger charge is -2.04. The molecule has 1 aromatic heterocycles. The zero-order valence-electron chi connectivity index (χ0n) is 6.62. The topological polar surface area (TPSA) is 73.1 Å². The number of sulfonamides is 1. The summed E-state index contributed by atoms with van der Waals surface area (Å²) >= 11 is 0. The van der Waals surface area contributed by atoms with Gasteiger partial charge in [-0.15, -0.1) is 0 Å². The van der Waals surface area contributed by atoms with Crippen molar-refractivity contribution in [3.05, 3.63) is 23.8 Å². The molecule has 0 amide bonds. The van der Waals surface area contributed by atoms with Crippen molar-refractivity contribution in [2.75, 3.05) is 0 Å². The van der Waals surface area contributed by atoms with Gasteiger partial charge in [0.05, 0.1) is 5.56 Å². The lowest BCUT2D eigenvalue weighted by atomic mass is 10.3. The van der Waals surface area contributed by atoms with Crippen LogP contribution >= 0.6 is 0 Å². The van der Waals surface area contributed by atoms with Crippen molar-refractivity contribution >= 4 is 10.0 Å². The average Bonchev–Trinajstić information content (AvgIpc) is 2.01. The molecule has 1 rings (SSSR count). The van der Waals surface area contributed by atoms with Gasteiger partial charge in [-0.05, 0) is 0 Å². The van der Waals surface area contributed by atoms with Crippen molar-refractivity contribution in [3.8, 4) is 0 Å². The van der Waals surface area contributed by atoms with Crippen molar-refractivity contribution in [1.29, 1.82) is 0 Å². The molecule has 0 saturated carbocycles. The SMILES string of the molecule is NS(=O)(=O)c1cncc(C(F)F)c1F. The highest BCUT2D eigenvalue weighted by molar-refractivity contribution is 7.89. The molecule has 0 aromatic carbocycles. The van der Waals surface area contributed by atoms with E-state index in [0.29, 0.717) is 12.4 Å². The van der Waals surface area contributed by atoms with Crippen molar-refractivity contribution in [2.45, 2.75) is 11.3 Å². The van der Waals surface area contributed by atoms with Crippen molar-refractivity contribution in [3.63, 3.8) is 0 Å². The van der Waals surface area contributed by atoms with Crippen LogP contribution in [0.2, 0.25) is 0 Å². The van der Waals surface area contributed by atoms with Gasteiger partial charge in [-0.1, -0.05) is 0 Å². The van der Waals surface area contributed by atoms with Crippen LogP contribution in [-0.4, -0.2) is 13.4 Å². The third kappa shape index (κ3) is 2.02. The first-order valence-electron chi connectivity index (χ1n) is 3.28. The van der Waals surface area contributed by atoms with E-state index in [1.54, 1.807) is 0 Å². The van der Waals surface area contributed by atoms with Crippen LogP contribution in [0.1, 0.15) is 12.0 Å². The molecular weight excluding hydrogens is 221 g/mol. The molecule has 0 aliphatic rings. The van der Waals surface area contributed by atoms with Gasteiger partial charge in [0.1, 0.15) is 4.90 Å². The van der Waals surface area contributed by atoms with Crippen molar-refractivity contribution < 1.29 is 21.6 Å². The van der Waals surface area contributed by atoms with Gasteiger partial charge in [0.15, 0.2) is 5.82 Å². The molecular formula is C6H5F3N2O2S. The molecule has 78 valence electrons. The summed E-state index contributed by atoms with van der Waals surface area (Å²) in [6.45, 7) is 0. The lowest BCUT2D eigenvalue weighted by Crippen LogP contribution is -2.15. The number of pyridine rings is 1. The summed E-state index contributed by atoms with van der Waals surface area (Å²) < 4.78 is 58.6. The highest BCUT2D eigenvalue weighted by Crippen LogP contribution is 2.24. The Kier molecular flexibility index (Phi) is 2.76. The van der Waals surface area contributed by atoms with E-state index < -0.39 is 32.7 Å². The molecule has 0 radical (unpaired) electrons. The monoisotopic (exact) mass is 226 g/mol. The number of hydrogen-bond donors (Lipinski definition) is 1. The smallest absolute Gasteiger partial charge is 0.263 e. The molecule has 0 unspecified atom stereocenters. The number of primary sulfonamides is 1. The second-order valence-corrected chi connectivity index (χ2v) is 3.92. The Balaban J connectivity index is 3.43. The fourth-order valence-corrected chi connectivity index (χ4v) is 1.37. The maximum Gasteiger partial charge on any atom is 0.268 e. The number of alkyl halides is 2. The van der Waals surface area contributed by atoms with Crippen molar-refractivity contribution in [2.24, 2.45) is 5.14 Å². The van der Waals surface area contributed by atoms with Crippen LogP contribution in [0, 0.1) is 5.82 Å². The molecule has 0 atom stereocenters. The minimum atomic E-state index is -4.36. The summed E-state index contributed by atoms with van der Waals surface area (Å²) in [5.41, 5.74) is -1.09. The summed E-state index contributed by atoms with van der Waals surface area (Å²) in [4.78, 5) is 2.12. The predicted octanol–water partition coefficient (Wildman–Crippen LogP) is 0.806. The van der Waals surface area contributed by atoms with E-state index in [0.717, 1.165) is 0 Å². The number of nitrogens with zero attached hydrogens (tertiary/aromatic N) is 1. The van der Waals surface area contributed by atoms with Crippen LogP contribution in [0.4, 0.5) is 13.2 Å². The molecule has 0 saturated heterocycles. The summed E-state index contributed by atoms with van der Waals surface area (Å²) in [5.74, 6) is -1.56. The average molecular weight is 226 g/mol. The minimum Gasteiger partial charge on any atom is -0.263 e.